The number of rotatable bonds is 5. The lowest BCUT2D eigenvalue weighted by Gasteiger charge is -2.12. The van der Waals surface area contributed by atoms with Crippen LogP contribution in [0.15, 0.2) is 12.1 Å². The molecule has 0 aromatic heterocycles. The summed E-state index contributed by atoms with van der Waals surface area (Å²) < 4.78 is 4.91. The van der Waals surface area contributed by atoms with Crippen LogP contribution >= 0.6 is 0 Å². The zero-order valence-electron chi connectivity index (χ0n) is 10.7. The number of hydrogen-bond acceptors (Lipinski definition) is 3. The van der Waals surface area contributed by atoms with Crippen molar-refractivity contribution in [2.24, 2.45) is 0 Å². The lowest BCUT2D eigenvalue weighted by molar-refractivity contribution is -0.116. The predicted octanol–water partition coefficient (Wildman–Crippen LogP) is 2.25. The third kappa shape index (κ3) is 4.07. The maximum absolute atomic E-state index is 11.7. The summed E-state index contributed by atoms with van der Waals surface area (Å²) in [4.78, 5) is 11.7. The molecular formula is C13H20N2O2. The molecule has 0 atom stereocenters. The molecule has 1 aromatic rings. The van der Waals surface area contributed by atoms with Crippen LogP contribution in [-0.2, 0) is 9.53 Å². The van der Waals surface area contributed by atoms with Gasteiger partial charge in [0.25, 0.3) is 0 Å². The number of methoxy groups -OCH3 is 1. The fraction of sp³-hybridized carbons (Fsp3) is 0.462. The summed E-state index contributed by atoms with van der Waals surface area (Å²) in [6.07, 6.45) is 1.20. The highest BCUT2D eigenvalue weighted by Crippen LogP contribution is 2.23. The fourth-order valence-electron chi connectivity index (χ4n) is 1.77. The Labute approximate surface area is 102 Å². The number of carbonyl (C=O) groups excluding carboxylic acids is 1. The van der Waals surface area contributed by atoms with Crippen molar-refractivity contribution in [3.8, 4) is 0 Å². The normalized spacial score (nSPS) is 10.3. The summed E-state index contributed by atoms with van der Waals surface area (Å²) in [7, 11) is 1.63. The number of aryl methyl sites for hydroxylation is 2. The van der Waals surface area contributed by atoms with Crippen LogP contribution in [0.25, 0.3) is 0 Å². The third-order valence-electron chi connectivity index (χ3n) is 2.57. The van der Waals surface area contributed by atoms with Gasteiger partial charge in [0.05, 0.1) is 0 Å². The second-order valence-electron chi connectivity index (χ2n) is 4.17. The van der Waals surface area contributed by atoms with E-state index in [2.05, 4.69) is 5.32 Å². The van der Waals surface area contributed by atoms with Gasteiger partial charge >= 0.3 is 0 Å². The Bertz CT molecular complexity index is 379. The largest absolute Gasteiger partial charge is 0.399 e. The van der Waals surface area contributed by atoms with Crippen molar-refractivity contribution in [3.63, 3.8) is 0 Å². The van der Waals surface area contributed by atoms with Gasteiger partial charge in [0.2, 0.25) is 5.91 Å². The van der Waals surface area contributed by atoms with Crippen molar-refractivity contribution in [1.29, 1.82) is 0 Å². The van der Waals surface area contributed by atoms with Crippen LogP contribution in [0.3, 0.4) is 0 Å². The molecule has 4 nitrogen and oxygen atoms in total. The molecule has 1 amide bonds. The zero-order valence-corrected chi connectivity index (χ0v) is 10.7. The van der Waals surface area contributed by atoms with Gasteiger partial charge in [-0.15, -0.1) is 0 Å². The van der Waals surface area contributed by atoms with Crippen LogP contribution < -0.4 is 11.1 Å². The van der Waals surface area contributed by atoms with Crippen LogP contribution in [-0.4, -0.2) is 19.6 Å². The molecule has 0 radical (unpaired) electrons. The van der Waals surface area contributed by atoms with Crippen molar-refractivity contribution in [2.75, 3.05) is 24.8 Å². The molecule has 3 N–H and O–H groups in total. The molecule has 0 unspecified atom stereocenters. The van der Waals surface area contributed by atoms with Gasteiger partial charge in [-0.05, 0) is 43.5 Å². The van der Waals surface area contributed by atoms with Crippen LogP contribution in [0.2, 0.25) is 0 Å². The Balaban J connectivity index is 2.65. The molecule has 1 rings (SSSR count). The maximum atomic E-state index is 11.7. The van der Waals surface area contributed by atoms with E-state index in [0.29, 0.717) is 13.0 Å². The molecular weight excluding hydrogens is 216 g/mol. The monoisotopic (exact) mass is 236 g/mol. The number of anilines is 2. The van der Waals surface area contributed by atoms with Crippen molar-refractivity contribution in [1.82, 2.24) is 0 Å². The van der Waals surface area contributed by atoms with Gasteiger partial charge in [-0.2, -0.15) is 0 Å². The predicted molar refractivity (Wildman–Crippen MR) is 70.1 cm³/mol. The van der Waals surface area contributed by atoms with E-state index in [0.717, 1.165) is 28.9 Å². The highest BCUT2D eigenvalue weighted by Gasteiger charge is 2.08. The highest BCUT2D eigenvalue weighted by molar-refractivity contribution is 5.92. The van der Waals surface area contributed by atoms with Crippen molar-refractivity contribution in [2.45, 2.75) is 26.7 Å². The topological polar surface area (TPSA) is 64.3 Å². The van der Waals surface area contributed by atoms with Gasteiger partial charge in [0.15, 0.2) is 0 Å². The average molecular weight is 236 g/mol. The van der Waals surface area contributed by atoms with E-state index < -0.39 is 0 Å². The number of nitrogen functional groups attached to an aromatic ring is 1. The molecule has 0 aliphatic carbocycles. The Hall–Kier alpha value is -1.55. The van der Waals surface area contributed by atoms with E-state index in [1.807, 2.05) is 26.0 Å². The number of carbonyl (C=O) groups is 1. The van der Waals surface area contributed by atoms with Gasteiger partial charge in [0, 0.05) is 31.5 Å². The Morgan fingerprint density at radius 1 is 1.35 bits per heavy atom. The summed E-state index contributed by atoms with van der Waals surface area (Å²) in [6.45, 7) is 4.48. The van der Waals surface area contributed by atoms with E-state index >= 15 is 0 Å². The first-order chi connectivity index (χ1) is 8.04. The Morgan fingerprint density at radius 3 is 2.47 bits per heavy atom. The molecule has 0 saturated heterocycles. The van der Waals surface area contributed by atoms with Gasteiger partial charge < -0.3 is 15.8 Å². The maximum Gasteiger partial charge on any atom is 0.224 e. The highest BCUT2D eigenvalue weighted by atomic mass is 16.5. The first kappa shape index (κ1) is 13.5. The third-order valence-corrected chi connectivity index (χ3v) is 2.57. The smallest absolute Gasteiger partial charge is 0.224 e. The lowest BCUT2D eigenvalue weighted by Crippen LogP contribution is -2.14. The second kappa shape index (κ2) is 6.25. The van der Waals surface area contributed by atoms with Gasteiger partial charge in [-0.1, -0.05) is 0 Å². The summed E-state index contributed by atoms with van der Waals surface area (Å²) >= 11 is 0. The van der Waals surface area contributed by atoms with Crippen LogP contribution in [0.4, 0.5) is 11.4 Å². The van der Waals surface area contributed by atoms with Gasteiger partial charge in [-0.25, -0.2) is 0 Å². The van der Waals surface area contributed by atoms with Gasteiger partial charge in [-0.3, -0.25) is 4.79 Å². The molecule has 0 aliphatic rings. The number of amides is 1. The number of ether oxygens (including phenoxy) is 1. The SMILES string of the molecule is COCCCC(=O)Nc1c(C)cc(N)cc1C. The molecule has 1 aromatic carbocycles. The molecule has 4 heteroatoms. The molecule has 0 heterocycles. The Morgan fingerprint density at radius 2 is 1.94 bits per heavy atom. The average Bonchev–Trinajstić information content (AvgIpc) is 2.24. The van der Waals surface area contributed by atoms with Crippen LogP contribution in [0.1, 0.15) is 24.0 Å². The van der Waals surface area contributed by atoms with Crippen molar-refractivity contribution < 1.29 is 9.53 Å². The number of hydrogen-bond donors (Lipinski definition) is 2. The molecule has 0 bridgehead atoms. The number of nitrogens with two attached hydrogens (primary N) is 1. The summed E-state index contributed by atoms with van der Waals surface area (Å²) in [6, 6.07) is 3.72. The lowest BCUT2D eigenvalue weighted by atomic mass is 10.1. The minimum atomic E-state index is 0.0121. The van der Waals surface area contributed by atoms with E-state index in [-0.39, 0.29) is 5.91 Å². The first-order valence-corrected chi connectivity index (χ1v) is 5.70. The van der Waals surface area contributed by atoms with E-state index in [9.17, 15) is 4.79 Å². The molecule has 0 spiro atoms. The standard InChI is InChI=1S/C13H20N2O2/c1-9-7-11(14)8-10(2)13(9)15-12(16)5-4-6-17-3/h7-8H,4-6,14H2,1-3H3,(H,15,16). The van der Waals surface area contributed by atoms with Crippen molar-refractivity contribution >= 4 is 17.3 Å². The number of nitrogens with one attached hydrogen (secondary N) is 1. The van der Waals surface area contributed by atoms with E-state index in [1.165, 1.54) is 0 Å². The second-order valence-corrected chi connectivity index (χ2v) is 4.17. The van der Waals surface area contributed by atoms with Crippen LogP contribution in [0.5, 0.6) is 0 Å². The summed E-state index contributed by atoms with van der Waals surface area (Å²) in [5.74, 6) is 0.0121. The molecule has 0 fully saturated rings. The quantitative estimate of drug-likeness (QED) is 0.608. The molecule has 94 valence electrons. The van der Waals surface area contributed by atoms with Crippen molar-refractivity contribution in [3.05, 3.63) is 23.3 Å². The van der Waals surface area contributed by atoms with Gasteiger partial charge in [0.1, 0.15) is 0 Å². The minimum Gasteiger partial charge on any atom is -0.399 e. The van der Waals surface area contributed by atoms with Crippen LogP contribution in [0, 0.1) is 13.8 Å². The summed E-state index contributed by atoms with van der Waals surface area (Å²) in [5.41, 5.74) is 9.29. The van der Waals surface area contributed by atoms with E-state index in [1.54, 1.807) is 7.11 Å². The van der Waals surface area contributed by atoms with E-state index in [4.69, 9.17) is 10.5 Å². The first-order valence-electron chi connectivity index (χ1n) is 5.70. The molecule has 0 aliphatic heterocycles. The fourth-order valence-corrected chi connectivity index (χ4v) is 1.77. The summed E-state index contributed by atoms with van der Waals surface area (Å²) in [5, 5.41) is 2.91. The molecule has 0 saturated carbocycles. The minimum absolute atomic E-state index is 0.0121. The zero-order chi connectivity index (χ0) is 12.8. The molecule has 17 heavy (non-hydrogen) atoms. The Kier molecular flexibility index (Phi) is 4.97. The number of benzene rings is 1.